The summed E-state index contributed by atoms with van der Waals surface area (Å²) in [6, 6.07) is 8.95. The maximum absolute atomic E-state index is 14.8. The second-order valence-corrected chi connectivity index (χ2v) is 38.3. The van der Waals surface area contributed by atoms with Crippen molar-refractivity contribution in [2.45, 2.75) is 231 Å². The molecule has 2 N–H and O–H groups in total. The monoisotopic (exact) mass is 1560 g/mol. The van der Waals surface area contributed by atoms with Crippen LogP contribution in [0.15, 0.2) is 73.1 Å². The fourth-order valence-corrected chi connectivity index (χ4v) is 19.8. The number of sulfonamides is 2. The average Bonchev–Trinajstić information content (AvgIpc) is 1.57. The van der Waals surface area contributed by atoms with Crippen molar-refractivity contribution in [1.82, 2.24) is 29.2 Å². The lowest BCUT2D eigenvalue weighted by molar-refractivity contribution is -0.154. The van der Waals surface area contributed by atoms with Crippen LogP contribution in [0.25, 0.3) is 21.5 Å². The number of ketones is 2. The van der Waals surface area contributed by atoms with Gasteiger partial charge in [-0.3, -0.25) is 47.8 Å². The number of benzene rings is 2. The first-order chi connectivity index (χ1) is 52.2. The second-order valence-electron chi connectivity index (χ2n) is 33.9. The second kappa shape index (κ2) is 31.6. The molecule has 14 rings (SSSR count). The van der Waals surface area contributed by atoms with E-state index in [1.54, 1.807) is 66.1 Å². The lowest BCUT2D eigenvalue weighted by Gasteiger charge is -2.32. The van der Waals surface area contributed by atoms with Gasteiger partial charge in [0.05, 0.1) is 82.4 Å². The van der Waals surface area contributed by atoms with Crippen LogP contribution in [0.4, 0.5) is 0 Å². The fraction of sp³-hybridized carbons (Fsp3) is 0.634. The number of hydrogen-bond donors (Lipinski definition) is 2. The van der Waals surface area contributed by atoms with E-state index in [-0.39, 0.29) is 123 Å². The molecule has 0 unspecified atom stereocenters. The van der Waals surface area contributed by atoms with Gasteiger partial charge in [-0.2, -0.15) is 0 Å². The van der Waals surface area contributed by atoms with Crippen molar-refractivity contribution in [1.29, 1.82) is 0 Å². The van der Waals surface area contributed by atoms with Crippen molar-refractivity contribution < 1.29 is 93.1 Å². The molecule has 6 fully saturated rings. The number of carbonyl (C=O) groups excluding carboxylic acids is 8. The highest BCUT2D eigenvalue weighted by Crippen LogP contribution is 2.60. The molecule has 4 saturated carbocycles. The molecule has 596 valence electrons. The third-order valence-electron chi connectivity index (χ3n) is 24.5. The number of nitrogens with zero attached hydrogens (tertiary/aromatic N) is 4. The highest BCUT2D eigenvalue weighted by Gasteiger charge is 2.65. The van der Waals surface area contributed by atoms with Crippen LogP contribution in [0.1, 0.15) is 185 Å². The van der Waals surface area contributed by atoms with Crippen LogP contribution in [-0.4, -0.2) is 169 Å². The first-order valence-corrected chi connectivity index (χ1v) is 42.4. The standard InChI is InChI=1S/2C41H53N3O10S/c2*1-24(2)53-35(46)20-31-26(4)18-25(3)8-6-7-9-27-21-41(27,39(48)43-55(49,50)40(5)13-14-40)22-33(45)32-19-28(23-44(32)38(31)47)54-37-30-10-11-34-36(52-17-16-51-34)29(30)12-15-42-37/h2*7,9-12,15,24-28,31-32H,6,8,13-14,16-23H2,1-5H3,(H,43,48)/b2*9-7-/t25-,26+,27+,28+,31-,32-,41+;25-,26-,27-,28-,31+,32+,41-/m01/s1. The van der Waals surface area contributed by atoms with E-state index in [0.29, 0.717) is 123 Å². The number of amides is 4. The van der Waals surface area contributed by atoms with Crippen LogP contribution in [-0.2, 0) is 67.9 Å². The third-order valence-corrected chi connectivity index (χ3v) is 28.8. The molecule has 4 aliphatic carbocycles. The van der Waals surface area contributed by atoms with E-state index in [9.17, 15) is 55.2 Å². The molecule has 4 amide bonds. The fourth-order valence-electron chi connectivity index (χ4n) is 17.1. The Balaban J connectivity index is 0.000000193. The number of carbonyl (C=O) groups is 8. The number of Topliss-reactive ketones (excluding diaryl/α,β-unsaturated/α-hetero) is 2. The molecule has 0 spiro atoms. The van der Waals surface area contributed by atoms with Gasteiger partial charge in [0.1, 0.15) is 38.6 Å². The van der Waals surface area contributed by atoms with Gasteiger partial charge in [0, 0.05) is 59.6 Å². The first-order valence-electron chi connectivity index (χ1n) is 39.4. The predicted octanol–water partition coefficient (Wildman–Crippen LogP) is 10.6. The molecule has 2 aromatic carbocycles. The molecule has 8 heterocycles. The number of pyridine rings is 2. The van der Waals surface area contributed by atoms with Crippen LogP contribution >= 0.6 is 0 Å². The van der Waals surface area contributed by atoms with Gasteiger partial charge in [0.15, 0.2) is 34.6 Å². The summed E-state index contributed by atoms with van der Waals surface area (Å²) in [5.41, 5.74) is -2.53. The zero-order valence-electron chi connectivity index (χ0n) is 64.8. The number of aromatic nitrogens is 2. The topological polar surface area (TPSA) is 335 Å². The van der Waals surface area contributed by atoms with Crippen LogP contribution in [0, 0.1) is 58.2 Å². The minimum absolute atomic E-state index is 0.0467. The molecule has 2 saturated heterocycles. The number of allylic oxidation sites excluding steroid dienone is 4. The summed E-state index contributed by atoms with van der Waals surface area (Å²) in [6.45, 7) is 20.2. The van der Waals surface area contributed by atoms with Gasteiger partial charge in [-0.05, 0) is 190 Å². The Morgan fingerprint density at radius 2 is 0.918 bits per heavy atom. The van der Waals surface area contributed by atoms with Gasteiger partial charge >= 0.3 is 11.9 Å². The Bertz CT molecular complexity index is 4270. The van der Waals surface area contributed by atoms with E-state index in [0.717, 1.165) is 36.5 Å². The summed E-state index contributed by atoms with van der Waals surface area (Å²) >= 11 is 0. The largest absolute Gasteiger partial charge is 0.486 e. The molecule has 26 nitrogen and oxygen atoms in total. The molecular formula is C82H106N6O20S2. The van der Waals surface area contributed by atoms with Crippen LogP contribution < -0.4 is 37.9 Å². The van der Waals surface area contributed by atoms with E-state index < -0.39 is 100 Å². The molecule has 4 aromatic rings. The van der Waals surface area contributed by atoms with Crippen LogP contribution in [0.3, 0.4) is 0 Å². The van der Waals surface area contributed by atoms with Crippen molar-refractivity contribution in [3.63, 3.8) is 0 Å². The molecule has 6 aliphatic heterocycles. The van der Waals surface area contributed by atoms with Crippen molar-refractivity contribution in [3.05, 3.63) is 73.1 Å². The molecule has 28 heteroatoms. The predicted molar refractivity (Wildman–Crippen MR) is 406 cm³/mol. The third kappa shape index (κ3) is 16.9. The average molecular weight is 1560 g/mol. The summed E-state index contributed by atoms with van der Waals surface area (Å²) in [6.07, 6.45) is 15.5. The normalized spacial score (nSPS) is 31.1. The summed E-state index contributed by atoms with van der Waals surface area (Å²) in [5.74, 6) is -2.88. The molecule has 14 atom stereocenters. The maximum Gasteiger partial charge on any atom is 0.306 e. The number of nitrogens with one attached hydrogen (secondary N) is 2. The number of ether oxygens (including phenoxy) is 8. The van der Waals surface area contributed by atoms with Gasteiger partial charge in [-0.15, -0.1) is 0 Å². The van der Waals surface area contributed by atoms with E-state index in [1.807, 2.05) is 62.4 Å². The quantitative estimate of drug-likeness (QED) is 0.0777. The van der Waals surface area contributed by atoms with Gasteiger partial charge in [-0.25, -0.2) is 26.8 Å². The molecule has 10 aliphatic rings. The Morgan fingerprint density at radius 3 is 1.29 bits per heavy atom. The first kappa shape index (κ1) is 79.7. The Hall–Kier alpha value is -8.40. The van der Waals surface area contributed by atoms with E-state index in [2.05, 4.69) is 33.3 Å². The zero-order valence-corrected chi connectivity index (χ0v) is 66.4. The highest BCUT2D eigenvalue weighted by molar-refractivity contribution is 7.92. The molecule has 0 radical (unpaired) electrons. The molecule has 110 heavy (non-hydrogen) atoms. The number of hydrogen-bond acceptors (Lipinski definition) is 22. The molecule has 2 aromatic heterocycles. The lowest BCUT2D eigenvalue weighted by atomic mass is 9.82. The van der Waals surface area contributed by atoms with E-state index in [4.69, 9.17) is 37.9 Å². The number of rotatable bonds is 16. The minimum Gasteiger partial charge on any atom is -0.486 e. The van der Waals surface area contributed by atoms with Crippen LogP contribution in [0.5, 0.6) is 34.8 Å². The zero-order chi connectivity index (χ0) is 78.6. The van der Waals surface area contributed by atoms with Crippen LogP contribution in [0.2, 0.25) is 0 Å². The summed E-state index contributed by atoms with van der Waals surface area (Å²) in [7, 11) is -7.90. The number of fused-ring (bicyclic) bond motifs is 10. The van der Waals surface area contributed by atoms with Gasteiger partial charge in [0.25, 0.3) is 0 Å². The minimum atomic E-state index is -3.95. The smallest absolute Gasteiger partial charge is 0.306 e. The summed E-state index contributed by atoms with van der Waals surface area (Å²) < 4.78 is 103. The SMILES string of the molecule is CC(C)OC(=O)C[C@@H]1C(=O)N2C[C@H](Oc3nccc4c5c(ccc34)OCCO5)C[C@H]2C(=O)C[C@]2(C(=O)NS(=O)(=O)C3(C)CC3)C[C@H]2/C=C\CC[C@@H](C)C[C@H]1C.CC(C)OC(=O)C[C@@H]1C(=O)N2C[C@H](Oc3nccc4c5c(ccc34)OCCO5)C[C@H]2C(=O)C[C@]2(C(=O)NS(=O)(=O)C3(C)CC3)C[C@H]2/C=C\CC[C@H](C)C[C@H]1C. The van der Waals surface area contributed by atoms with Gasteiger partial charge in [-0.1, -0.05) is 52.0 Å². The molecule has 0 bridgehead atoms. The molecular weight excluding hydrogens is 1450 g/mol. The Kier molecular flexibility index (Phi) is 22.9. The van der Waals surface area contributed by atoms with Gasteiger partial charge < -0.3 is 47.7 Å². The van der Waals surface area contributed by atoms with E-state index >= 15 is 0 Å². The van der Waals surface area contributed by atoms with Crippen molar-refractivity contribution in [3.8, 4) is 34.8 Å². The van der Waals surface area contributed by atoms with E-state index in [1.165, 1.54) is 9.80 Å². The number of esters is 2. The summed E-state index contributed by atoms with van der Waals surface area (Å²) in [5, 5.41) is 2.87. The van der Waals surface area contributed by atoms with Gasteiger partial charge in [0.2, 0.25) is 55.4 Å². The van der Waals surface area contributed by atoms with Crippen molar-refractivity contribution in [2.75, 3.05) is 39.5 Å². The lowest BCUT2D eigenvalue weighted by Crippen LogP contribution is -2.48. The Morgan fingerprint density at radius 1 is 0.536 bits per heavy atom. The Labute approximate surface area is 644 Å². The highest BCUT2D eigenvalue weighted by atomic mass is 32.2. The summed E-state index contributed by atoms with van der Waals surface area (Å²) in [4.78, 5) is 125. The van der Waals surface area contributed by atoms with Crippen molar-refractivity contribution in [2.24, 2.45) is 58.2 Å². The van der Waals surface area contributed by atoms with Crippen molar-refractivity contribution >= 4 is 88.7 Å². The maximum atomic E-state index is 14.8.